The zero-order valence-corrected chi connectivity index (χ0v) is 11.5. The Balaban J connectivity index is 2.18. The van der Waals surface area contributed by atoms with Gasteiger partial charge in [0, 0.05) is 18.7 Å². The van der Waals surface area contributed by atoms with E-state index in [2.05, 4.69) is 5.32 Å². The zero-order valence-electron chi connectivity index (χ0n) is 11.5. The molecule has 0 heterocycles. The highest BCUT2D eigenvalue weighted by atomic mass is 16.3. The van der Waals surface area contributed by atoms with Gasteiger partial charge < -0.3 is 15.5 Å². The van der Waals surface area contributed by atoms with Crippen LogP contribution in [-0.4, -0.2) is 22.4 Å². The van der Waals surface area contributed by atoms with Crippen LogP contribution in [0.2, 0.25) is 0 Å². The SMILES string of the molecule is CCC(C)(O)CNCc1c(O)ccc2ccccc12. The van der Waals surface area contributed by atoms with Gasteiger partial charge in [0.2, 0.25) is 0 Å². The van der Waals surface area contributed by atoms with E-state index in [0.717, 1.165) is 16.3 Å². The topological polar surface area (TPSA) is 52.5 Å². The van der Waals surface area contributed by atoms with Crippen molar-refractivity contribution in [2.45, 2.75) is 32.4 Å². The van der Waals surface area contributed by atoms with Crippen LogP contribution in [0.5, 0.6) is 5.75 Å². The molecule has 0 saturated carbocycles. The lowest BCUT2D eigenvalue weighted by atomic mass is 10.0. The third-order valence-electron chi connectivity index (χ3n) is 3.59. The summed E-state index contributed by atoms with van der Waals surface area (Å²) in [6, 6.07) is 11.6. The molecule has 0 saturated heterocycles. The Morgan fingerprint density at radius 2 is 1.89 bits per heavy atom. The average Bonchev–Trinajstić information content (AvgIpc) is 2.41. The molecule has 102 valence electrons. The first-order valence-electron chi connectivity index (χ1n) is 6.66. The predicted molar refractivity (Wildman–Crippen MR) is 78.2 cm³/mol. The van der Waals surface area contributed by atoms with Crippen LogP contribution in [-0.2, 0) is 6.54 Å². The van der Waals surface area contributed by atoms with E-state index in [0.29, 0.717) is 25.3 Å². The maximum Gasteiger partial charge on any atom is 0.120 e. The van der Waals surface area contributed by atoms with Crippen molar-refractivity contribution >= 4 is 10.8 Å². The van der Waals surface area contributed by atoms with Crippen molar-refractivity contribution in [3.8, 4) is 5.75 Å². The van der Waals surface area contributed by atoms with Crippen molar-refractivity contribution in [1.82, 2.24) is 5.32 Å². The predicted octanol–water partition coefficient (Wildman–Crippen LogP) is 2.80. The van der Waals surface area contributed by atoms with Crippen molar-refractivity contribution in [2.75, 3.05) is 6.54 Å². The van der Waals surface area contributed by atoms with E-state index in [1.807, 2.05) is 44.2 Å². The summed E-state index contributed by atoms with van der Waals surface area (Å²) in [6.45, 7) is 4.82. The van der Waals surface area contributed by atoms with Gasteiger partial charge in [-0.15, -0.1) is 0 Å². The van der Waals surface area contributed by atoms with Crippen LogP contribution in [0.25, 0.3) is 10.8 Å². The molecule has 0 aliphatic heterocycles. The lowest BCUT2D eigenvalue weighted by molar-refractivity contribution is 0.0555. The second-order valence-corrected chi connectivity index (χ2v) is 5.24. The van der Waals surface area contributed by atoms with E-state index in [-0.39, 0.29) is 0 Å². The number of hydrogen-bond donors (Lipinski definition) is 3. The van der Waals surface area contributed by atoms with Crippen molar-refractivity contribution < 1.29 is 10.2 Å². The minimum absolute atomic E-state index is 0.294. The molecule has 0 aliphatic carbocycles. The molecule has 0 aromatic heterocycles. The highest BCUT2D eigenvalue weighted by Gasteiger charge is 2.17. The van der Waals surface area contributed by atoms with E-state index in [1.54, 1.807) is 6.07 Å². The molecule has 0 amide bonds. The molecule has 3 heteroatoms. The number of rotatable bonds is 5. The molecule has 3 nitrogen and oxygen atoms in total. The van der Waals surface area contributed by atoms with Gasteiger partial charge in [0.25, 0.3) is 0 Å². The molecular formula is C16H21NO2. The molecule has 1 unspecified atom stereocenters. The molecule has 0 spiro atoms. The summed E-state index contributed by atoms with van der Waals surface area (Å²) in [5.74, 6) is 0.294. The molecule has 2 aromatic carbocycles. The van der Waals surface area contributed by atoms with Gasteiger partial charge in [-0.2, -0.15) is 0 Å². The fourth-order valence-corrected chi connectivity index (χ4v) is 2.09. The maximum atomic E-state index is 9.99. The minimum Gasteiger partial charge on any atom is -0.508 e. The quantitative estimate of drug-likeness (QED) is 0.774. The Morgan fingerprint density at radius 3 is 2.63 bits per heavy atom. The minimum atomic E-state index is -0.708. The Kier molecular flexibility index (Phi) is 4.08. The van der Waals surface area contributed by atoms with Gasteiger partial charge >= 0.3 is 0 Å². The molecule has 0 fully saturated rings. The van der Waals surface area contributed by atoms with Crippen LogP contribution >= 0.6 is 0 Å². The third-order valence-corrected chi connectivity index (χ3v) is 3.59. The molecule has 19 heavy (non-hydrogen) atoms. The number of phenolic OH excluding ortho intramolecular Hbond substituents is 1. The molecule has 0 aliphatic rings. The lowest BCUT2D eigenvalue weighted by Crippen LogP contribution is -2.36. The summed E-state index contributed by atoms with van der Waals surface area (Å²) in [5.41, 5.74) is 0.172. The van der Waals surface area contributed by atoms with Gasteiger partial charge in [-0.25, -0.2) is 0 Å². The number of hydrogen-bond acceptors (Lipinski definition) is 3. The second-order valence-electron chi connectivity index (χ2n) is 5.24. The van der Waals surface area contributed by atoms with Crippen molar-refractivity contribution in [3.05, 3.63) is 42.0 Å². The number of benzene rings is 2. The molecule has 2 rings (SSSR count). The number of aliphatic hydroxyl groups is 1. The van der Waals surface area contributed by atoms with E-state index >= 15 is 0 Å². The summed E-state index contributed by atoms with van der Waals surface area (Å²) in [5, 5.41) is 25.3. The van der Waals surface area contributed by atoms with Gasteiger partial charge in [-0.3, -0.25) is 0 Å². The van der Waals surface area contributed by atoms with Crippen LogP contribution in [0.15, 0.2) is 36.4 Å². The molecule has 2 aromatic rings. The Labute approximate surface area is 113 Å². The number of aromatic hydroxyl groups is 1. The highest BCUT2D eigenvalue weighted by Crippen LogP contribution is 2.26. The fourth-order valence-electron chi connectivity index (χ4n) is 2.09. The zero-order chi connectivity index (χ0) is 13.9. The summed E-state index contributed by atoms with van der Waals surface area (Å²) in [7, 11) is 0. The van der Waals surface area contributed by atoms with E-state index in [9.17, 15) is 10.2 Å². The van der Waals surface area contributed by atoms with E-state index in [4.69, 9.17) is 0 Å². The summed E-state index contributed by atoms with van der Waals surface area (Å²) in [4.78, 5) is 0. The fraction of sp³-hybridized carbons (Fsp3) is 0.375. The van der Waals surface area contributed by atoms with Crippen LogP contribution in [0.1, 0.15) is 25.8 Å². The molecule has 1 atom stereocenters. The first-order valence-corrected chi connectivity index (χ1v) is 6.66. The number of fused-ring (bicyclic) bond motifs is 1. The Morgan fingerprint density at radius 1 is 1.16 bits per heavy atom. The first-order chi connectivity index (χ1) is 9.03. The average molecular weight is 259 g/mol. The largest absolute Gasteiger partial charge is 0.508 e. The summed E-state index contributed by atoms with van der Waals surface area (Å²) >= 11 is 0. The molecule has 0 bridgehead atoms. The Hall–Kier alpha value is -1.58. The van der Waals surface area contributed by atoms with Gasteiger partial charge in [0.1, 0.15) is 5.75 Å². The van der Waals surface area contributed by atoms with Gasteiger partial charge in [-0.05, 0) is 30.2 Å². The van der Waals surface area contributed by atoms with Crippen LogP contribution < -0.4 is 5.32 Å². The Bertz CT molecular complexity index is 564. The third kappa shape index (κ3) is 3.25. The number of nitrogens with one attached hydrogen (secondary N) is 1. The van der Waals surface area contributed by atoms with Crippen LogP contribution in [0, 0.1) is 0 Å². The van der Waals surface area contributed by atoms with Gasteiger partial charge in [0.15, 0.2) is 0 Å². The summed E-state index contributed by atoms with van der Waals surface area (Å²) < 4.78 is 0. The van der Waals surface area contributed by atoms with Crippen molar-refractivity contribution in [1.29, 1.82) is 0 Å². The standard InChI is InChI=1S/C16H21NO2/c1-3-16(2,19)11-17-10-14-13-7-5-4-6-12(13)8-9-15(14)18/h4-9,17-19H,3,10-11H2,1-2H3. The summed E-state index contributed by atoms with van der Waals surface area (Å²) in [6.07, 6.45) is 0.696. The highest BCUT2D eigenvalue weighted by molar-refractivity contribution is 5.87. The second kappa shape index (κ2) is 5.59. The number of phenols is 1. The van der Waals surface area contributed by atoms with Crippen molar-refractivity contribution in [2.24, 2.45) is 0 Å². The normalized spacial score (nSPS) is 14.5. The van der Waals surface area contributed by atoms with Gasteiger partial charge in [0.05, 0.1) is 5.60 Å². The molecular weight excluding hydrogens is 238 g/mol. The van der Waals surface area contributed by atoms with Gasteiger partial charge in [-0.1, -0.05) is 37.3 Å². The molecule has 0 radical (unpaired) electrons. The smallest absolute Gasteiger partial charge is 0.120 e. The van der Waals surface area contributed by atoms with E-state index < -0.39 is 5.60 Å². The monoisotopic (exact) mass is 259 g/mol. The lowest BCUT2D eigenvalue weighted by Gasteiger charge is -2.22. The van der Waals surface area contributed by atoms with Crippen LogP contribution in [0.4, 0.5) is 0 Å². The van der Waals surface area contributed by atoms with E-state index in [1.165, 1.54) is 0 Å². The van der Waals surface area contributed by atoms with Crippen molar-refractivity contribution in [3.63, 3.8) is 0 Å². The first kappa shape index (κ1) is 13.8. The molecule has 3 N–H and O–H groups in total. The maximum absolute atomic E-state index is 9.99. The van der Waals surface area contributed by atoms with Crippen LogP contribution in [0.3, 0.4) is 0 Å².